The van der Waals surface area contributed by atoms with Gasteiger partial charge in [0.2, 0.25) is 5.91 Å². The highest BCUT2D eigenvalue weighted by Gasteiger charge is 2.32. The molecule has 0 atom stereocenters. The first-order chi connectivity index (χ1) is 10.8. The molecule has 0 radical (unpaired) electrons. The molecule has 2 N–H and O–H groups in total. The molecule has 0 aliphatic carbocycles. The summed E-state index contributed by atoms with van der Waals surface area (Å²) in [5.41, 5.74) is 5.72. The molecule has 1 aromatic rings. The zero-order chi connectivity index (χ0) is 17.3. The SMILES string of the molecule is CN(Cc1ccccc1OC(F)(F)F)C(=O)CCCCCCN. The van der Waals surface area contributed by atoms with Crippen molar-refractivity contribution in [2.24, 2.45) is 5.73 Å². The van der Waals surface area contributed by atoms with Crippen LogP contribution in [0.15, 0.2) is 24.3 Å². The first-order valence-electron chi connectivity index (χ1n) is 7.61. The van der Waals surface area contributed by atoms with E-state index in [0.29, 0.717) is 18.5 Å². The standard InChI is InChI=1S/C16H23F3N2O2/c1-21(15(22)10-4-2-3-7-11-20)12-13-8-5-6-9-14(13)23-16(17,18)19/h5-6,8-9H,2-4,7,10-12,20H2,1H3. The highest BCUT2D eigenvalue weighted by atomic mass is 19.4. The molecule has 1 amide bonds. The Morgan fingerprint density at radius 3 is 2.48 bits per heavy atom. The number of benzene rings is 1. The van der Waals surface area contributed by atoms with Crippen LogP contribution in [0.3, 0.4) is 0 Å². The maximum absolute atomic E-state index is 12.4. The van der Waals surface area contributed by atoms with Crippen LogP contribution in [0.2, 0.25) is 0 Å². The van der Waals surface area contributed by atoms with Crippen LogP contribution in [0.1, 0.15) is 37.7 Å². The minimum atomic E-state index is -4.75. The molecule has 1 rings (SSSR count). The van der Waals surface area contributed by atoms with Crippen molar-refractivity contribution in [1.29, 1.82) is 0 Å². The molecule has 0 heterocycles. The van der Waals surface area contributed by atoms with Crippen LogP contribution in [0.25, 0.3) is 0 Å². The van der Waals surface area contributed by atoms with Crippen LogP contribution in [0.5, 0.6) is 5.75 Å². The molecule has 0 fully saturated rings. The van der Waals surface area contributed by atoms with Crippen molar-refractivity contribution in [3.63, 3.8) is 0 Å². The Balaban J connectivity index is 2.53. The number of amides is 1. The van der Waals surface area contributed by atoms with Gasteiger partial charge in [-0.2, -0.15) is 0 Å². The molecule has 0 saturated carbocycles. The van der Waals surface area contributed by atoms with E-state index >= 15 is 0 Å². The molecule has 0 aromatic heterocycles. The molecule has 0 saturated heterocycles. The summed E-state index contributed by atoms with van der Waals surface area (Å²) >= 11 is 0. The summed E-state index contributed by atoms with van der Waals surface area (Å²) in [6.07, 6.45) is -0.776. The second kappa shape index (κ2) is 9.39. The summed E-state index contributed by atoms with van der Waals surface area (Å²) in [5, 5.41) is 0. The van der Waals surface area contributed by atoms with E-state index in [9.17, 15) is 18.0 Å². The normalized spacial score (nSPS) is 11.3. The number of para-hydroxylation sites is 1. The van der Waals surface area contributed by atoms with Crippen LogP contribution >= 0.6 is 0 Å². The monoisotopic (exact) mass is 332 g/mol. The number of nitrogens with zero attached hydrogens (tertiary/aromatic N) is 1. The van der Waals surface area contributed by atoms with Gasteiger partial charge in [0.15, 0.2) is 0 Å². The fourth-order valence-electron chi connectivity index (χ4n) is 2.17. The van der Waals surface area contributed by atoms with Crippen LogP contribution in [0, 0.1) is 0 Å². The van der Waals surface area contributed by atoms with E-state index in [0.717, 1.165) is 25.7 Å². The summed E-state index contributed by atoms with van der Waals surface area (Å²) in [4.78, 5) is 13.4. The molecular formula is C16H23F3N2O2. The van der Waals surface area contributed by atoms with Crippen molar-refractivity contribution in [2.75, 3.05) is 13.6 Å². The van der Waals surface area contributed by atoms with Gasteiger partial charge in [-0.25, -0.2) is 0 Å². The lowest BCUT2D eigenvalue weighted by molar-refractivity contribution is -0.275. The van der Waals surface area contributed by atoms with E-state index in [1.54, 1.807) is 13.1 Å². The first-order valence-corrected chi connectivity index (χ1v) is 7.61. The third kappa shape index (κ3) is 7.88. The lowest BCUT2D eigenvalue weighted by Crippen LogP contribution is -2.27. The topological polar surface area (TPSA) is 55.6 Å². The molecule has 130 valence electrons. The van der Waals surface area contributed by atoms with Gasteiger partial charge in [0.05, 0.1) is 0 Å². The molecule has 0 spiro atoms. The van der Waals surface area contributed by atoms with Gasteiger partial charge < -0.3 is 15.4 Å². The predicted molar refractivity (Wildman–Crippen MR) is 81.7 cm³/mol. The summed E-state index contributed by atoms with van der Waals surface area (Å²) in [6.45, 7) is 0.720. The van der Waals surface area contributed by atoms with Gasteiger partial charge in [0.25, 0.3) is 0 Å². The number of hydrogen-bond acceptors (Lipinski definition) is 3. The van der Waals surface area contributed by atoms with E-state index in [1.165, 1.54) is 23.1 Å². The average Bonchev–Trinajstić information content (AvgIpc) is 2.47. The summed E-state index contributed by atoms with van der Waals surface area (Å²) in [5.74, 6) is -0.373. The Hall–Kier alpha value is -1.76. The number of unbranched alkanes of at least 4 members (excludes halogenated alkanes) is 3. The van der Waals surface area contributed by atoms with Gasteiger partial charge in [-0.3, -0.25) is 4.79 Å². The number of alkyl halides is 3. The largest absolute Gasteiger partial charge is 0.573 e. The summed E-state index contributed by atoms with van der Waals surface area (Å²) in [7, 11) is 1.58. The summed E-state index contributed by atoms with van der Waals surface area (Å²) < 4.78 is 41.1. The highest BCUT2D eigenvalue weighted by molar-refractivity contribution is 5.75. The predicted octanol–water partition coefficient (Wildman–Crippen LogP) is 3.45. The third-order valence-electron chi connectivity index (χ3n) is 3.38. The van der Waals surface area contributed by atoms with Crippen molar-refractivity contribution in [1.82, 2.24) is 4.90 Å². The number of carbonyl (C=O) groups excluding carboxylic acids is 1. The van der Waals surface area contributed by atoms with E-state index in [-0.39, 0.29) is 18.2 Å². The van der Waals surface area contributed by atoms with Crippen molar-refractivity contribution in [2.45, 2.75) is 45.0 Å². The maximum Gasteiger partial charge on any atom is 0.573 e. The fourth-order valence-corrected chi connectivity index (χ4v) is 2.17. The van der Waals surface area contributed by atoms with E-state index < -0.39 is 6.36 Å². The average molecular weight is 332 g/mol. The van der Waals surface area contributed by atoms with Gasteiger partial charge >= 0.3 is 6.36 Å². The van der Waals surface area contributed by atoms with E-state index in [1.807, 2.05) is 0 Å². The molecule has 1 aromatic carbocycles. The third-order valence-corrected chi connectivity index (χ3v) is 3.38. The van der Waals surface area contributed by atoms with Crippen LogP contribution < -0.4 is 10.5 Å². The van der Waals surface area contributed by atoms with Crippen molar-refractivity contribution >= 4 is 5.91 Å². The van der Waals surface area contributed by atoms with E-state index in [4.69, 9.17) is 5.73 Å². The van der Waals surface area contributed by atoms with Gasteiger partial charge in [0, 0.05) is 25.6 Å². The van der Waals surface area contributed by atoms with Gasteiger partial charge in [-0.05, 0) is 25.5 Å². The number of halogens is 3. The van der Waals surface area contributed by atoms with Gasteiger partial charge in [-0.15, -0.1) is 13.2 Å². The summed E-state index contributed by atoms with van der Waals surface area (Å²) in [6, 6.07) is 5.84. The lowest BCUT2D eigenvalue weighted by atomic mass is 10.1. The molecule has 0 bridgehead atoms. The zero-order valence-corrected chi connectivity index (χ0v) is 13.2. The second-order valence-electron chi connectivity index (χ2n) is 5.36. The lowest BCUT2D eigenvalue weighted by Gasteiger charge is -2.20. The minimum Gasteiger partial charge on any atom is -0.405 e. The molecule has 0 aliphatic heterocycles. The molecule has 0 unspecified atom stereocenters. The molecule has 4 nitrogen and oxygen atoms in total. The van der Waals surface area contributed by atoms with Crippen LogP contribution in [-0.2, 0) is 11.3 Å². The molecular weight excluding hydrogens is 309 g/mol. The smallest absolute Gasteiger partial charge is 0.405 e. The number of hydrogen-bond donors (Lipinski definition) is 1. The quantitative estimate of drug-likeness (QED) is 0.705. The fraction of sp³-hybridized carbons (Fsp3) is 0.562. The van der Waals surface area contributed by atoms with Crippen molar-refractivity contribution in [3.8, 4) is 5.75 Å². The van der Waals surface area contributed by atoms with Crippen molar-refractivity contribution in [3.05, 3.63) is 29.8 Å². The van der Waals surface area contributed by atoms with Crippen LogP contribution in [0.4, 0.5) is 13.2 Å². The molecule has 0 aliphatic rings. The molecule has 7 heteroatoms. The Labute approximate surface area is 134 Å². The van der Waals surface area contributed by atoms with Crippen LogP contribution in [-0.4, -0.2) is 30.8 Å². The Kier molecular flexibility index (Phi) is 7.88. The van der Waals surface area contributed by atoms with Gasteiger partial charge in [0.1, 0.15) is 5.75 Å². The number of carbonyl (C=O) groups is 1. The maximum atomic E-state index is 12.4. The second-order valence-corrected chi connectivity index (χ2v) is 5.36. The Bertz CT molecular complexity index is 492. The highest BCUT2D eigenvalue weighted by Crippen LogP contribution is 2.27. The zero-order valence-electron chi connectivity index (χ0n) is 13.2. The van der Waals surface area contributed by atoms with Crippen molar-refractivity contribution < 1.29 is 22.7 Å². The van der Waals surface area contributed by atoms with E-state index in [2.05, 4.69) is 4.74 Å². The first kappa shape index (κ1) is 19.3. The Morgan fingerprint density at radius 2 is 1.83 bits per heavy atom. The van der Waals surface area contributed by atoms with Gasteiger partial charge in [-0.1, -0.05) is 31.0 Å². The number of ether oxygens (including phenoxy) is 1. The number of rotatable bonds is 9. The number of nitrogens with two attached hydrogens (primary N) is 1. The minimum absolute atomic E-state index is 0.0773. The Morgan fingerprint density at radius 1 is 1.17 bits per heavy atom. The molecule has 23 heavy (non-hydrogen) atoms.